The molecule has 0 heterocycles. The summed E-state index contributed by atoms with van der Waals surface area (Å²) in [6.07, 6.45) is 1.77. The first kappa shape index (κ1) is 12.2. The highest BCUT2D eigenvalue weighted by Gasteiger charge is 2.16. The summed E-state index contributed by atoms with van der Waals surface area (Å²) >= 11 is -0.0310. The molecule has 0 spiro atoms. The monoisotopic (exact) mass is 228 g/mol. The van der Waals surface area contributed by atoms with Crippen LogP contribution in [0, 0.1) is 19.7 Å². The smallest absolute Gasteiger partial charge is 0.142 e. The zero-order chi connectivity index (χ0) is 11.6. The van der Waals surface area contributed by atoms with Crippen molar-refractivity contribution in [3.63, 3.8) is 0 Å². The molecule has 3 heteroatoms. The molecule has 1 aromatic rings. The highest BCUT2D eigenvalue weighted by Crippen LogP contribution is 2.34. The van der Waals surface area contributed by atoms with E-state index in [-0.39, 0.29) is 23.0 Å². The van der Waals surface area contributed by atoms with Gasteiger partial charge in [0.2, 0.25) is 0 Å². The highest BCUT2D eigenvalue weighted by molar-refractivity contribution is 7.94. The molecule has 15 heavy (non-hydrogen) atoms. The number of halogens is 2. The Hall–Kier alpha value is -0.830. The molecule has 1 rings (SSSR count). The first-order valence-electron chi connectivity index (χ1n) is 4.73. The largest absolute Gasteiger partial charge is 0.205 e. The third kappa shape index (κ3) is 2.23. The zero-order valence-corrected chi connectivity index (χ0v) is 9.92. The van der Waals surface area contributed by atoms with Gasteiger partial charge in [-0.3, -0.25) is 0 Å². The Kier molecular flexibility index (Phi) is 3.91. The van der Waals surface area contributed by atoms with E-state index in [2.05, 4.69) is 6.58 Å². The molecule has 0 aliphatic carbocycles. The Bertz CT molecular complexity index is 386. The number of hydrogen-bond donors (Lipinski definition) is 0. The summed E-state index contributed by atoms with van der Waals surface area (Å²) in [6, 6.07) is 1.76. The van der Waals surface area contributed by atoms with Crippen LogP contribution in [-0.2, 0) is 0 Å². The first-order valence-corrected chi connectivity index (χ1v) is 5.45. The molecule has 0 aromatic heterocycles. The van der Waals surface area contributed by atoms with Crippen LogP contribution in [0.3, 0.4) is 0 Å². The second-order valence-electron chi connectivity index (χ2n) is 3.65. The number of aryl methyl sites for hydroxylation is 1. The van der Waals surface area contributed by atoms with E-state index >= 15 is 0 Å². The van der Waals surface area contributed by atoms with Crippen molar-refractivity contribution in [3.05, 3.63) is 41.2 Å². The van der Waals surface area contributed by atoms with Crippen molar-refractivity contribution in [3.8, 4) is 0 Å². The molecule has 0 saturated carbocycles. The topological polar surface area (TPSA) is 0 Å². The van der Waals surface area contributed by atoms with Crippen LogP contribution in [0.4, 0.5) is 8.28 Å². The fourth-order valence-corrected chi connectivity index (χ4v) is 2.03. The van der Waals surface area contributed by atoms with Crippen molar-refractivity contribution in [2.75, 3.05) is 0 Å². The third-order valence-electron chi connectivity index (χ3n) is 2.61. The number of rotatable bonds is 3. The molecule has 0 aliphatic heterocycles. The summed E-state index contributed by atoms with van der Waals surface area (Å²) in [5.74, 6) is -0.352. The molecule has 1 aromatic carbocycles. The Morgan fingerprint density at radius 3 is 2.53 bits per heavy atom. The lowest BCUT2D eigenvalue weighted by atomic mass is 9.94. The van der Waals surface area contributed by atoms with Gasteiger partial charge in [0.25, 0.3) is 0 Å². The van der Waals surface area contributed by atoms with Crippen molar-refractivity contribution >= 4 is 12.1 Å². The molecule has 0 bridgehead atoms. The van der Waals surface area contributed by atoms with Gasteiger partial charge in [-0.15, -0.1) is 6.58 Å². The molecule has 1 atom stereocenters. The second-order valence-corrected chi connectivity index (χ2v) is 4.21. The molecule has 0 saturated heterocycles. The van der Waals surface area contributed by atoms with E-state index in [1.165, 1.54) is 0 Å². The number of allylic oxidation sites excluding steroid dienone is 1. The van der Waals surface area contributed by atoms with Gasteiger partial charge in [0.1, 0.15) is 5.82 Å². The van der Waals surface area contributed by atoms with E-state index < -0.39 is 5.82 Å². The molecule has 82 valence electrons. The maximum absolute atomic E-state index is 13.5. The van der Waals surface area contributed by atoms with E-state index in [1.54, 1.807) is 26.0 Å². The van der Waals surface area contributed by atoms with Gasteiger partial charge in [-0.25, -0.2) is 4.39 Å². The van der Waals surface area contributed by atoms with Crippen LogP contribution in [0.15, 0.2) is 23.6 Å². The summed E-state index contributed by atoms with van der Waals surface area (Å²) in [5.41, 5.74) is 2.08. The van der Waals surface area contributed by atoms with Crippen molar-refractivity contribution in [1.82, 2.24) is 0 Å². The quantitative estimate of drug-likeness (QED) is 0.675. The van der Waals surface area contributed by atoms with Crippen LogP contribution in [0.25, 0.3) is 0 Å². The second kappa shape index (κ2) is 4.79. The Labute approximate surface area is 93.7 Å². The summed E-state index contributed by atoms with van der Waals surface area (Å²) in [4.78, 5) is 0.0960. The van der Waals surface area contributed by atoms with Gasteiger partial charge in [-0.05, 0) is 36.5 Å². The third-order valence-corrected chi connectivity index (χ3v) is 3.25. The molecule has 0 radical (unpaired) electrons. The summed E-state index contributed by atoms with van der Waals surface area (Å²) in [6.45, 7) is 9.03. The molecular weight excluding hydrogens is 214 g/mol. The van der Waals surface area contributed by atoms with E-state index in [0.717, 1.165) is 5.56 Å². The average Bonchev–Trinajstić information content (AvgIpc) is 2.23. The van der Waals surface area contributed by atoms with E-state index in [1.807, 2.05) is 6.92 Å². The number of hydrogen-bond acceptors (Lipinski definition) is 1. The maximum atomic E-state index is 13.5. The summed E-state index contributed by atoms with van der Waals surface area (Å²) < 4.78 is 26.1. The lowest BCUT2D eigenvalue weighted by Crippen LogP contribution is -1.99. The fourth-order valence-electron chi connectivity index (χ4n) is 1.57. The maximum Gasteiger partial charge on any atom is 0.142 e. The SMILES string of the molecule is C=CC(C)c1cc(C)c(F)c(SF)c1C. The van der Waals surface area contributed by atoms with Gasteiger partial charge >= 0.3 is 0 Å². The molecular formula is C12H14F2S. The Balaban J connectivity index is 3.42. The molecule has 0 fully saturated rings. The van der Waals surface area contributed by atoms with Gasteiger partial charge in [0.15, 0.2) is 0 Å². The van der Waals surface area contributed by atoms with E-state index in [0.29, 0.717) is 11.1 Å². The molecule has 0 nitrogen and oxygen atoms in total. The lowest BCUT2D eigenvalue weighted by molar-refractivity contribution is 0.585. The predicted octanol–water partition coefficient (Wildman–Crippen LogP) is 4.71. The predicted molar refractivity (Wildman–Crippen MR) is 61.5 cm³/mol. The molecule has 0 aliphatic rings. The minimum Gasteiger partial charge on any atom is -0.205 e. The van der Waals surface area contributed by atoms with Crippen LogP contribution in [0.2, 0.25) is 0 Å². The van der Waals surface area contributed by atoms with Crippen LogP contribution < -0.4 is 0 Å². The van der Waals surface area contributed by atoms with E-state index in [9.17, 15) is 8.28 Å². The summed E-state index contributed by atoms with van der Waals surface area (Å²) in [7, 11) is 0. The summed E-state index contributed by atoms with van der Waals surface area (Å²) in [5, 5.41) is 0. The van der Waals surface area contributed by atoms with E-state index in [4.69, 9.17) is 0 Å². The van der Waals surface area contributed by atoms with Crippen molar-refractivity contribution in [2.45, 2.75) is 31.6 Å². The zero-order valence-electron chi connectivity index (χ0n) is 9.10. The normalized spacial score (nSPS) is 12.6. The average molecular weight is 228 g/mol. The first-order chi connectivity index (χ1) is 7.02. The van der Waals surface area contributed by atoms with Gasteiger partial charge in [-0.2, -0.15) is 3.89 Å². The molecule has 0 amide bonds. The molecule has 1 unspecified atom stereocenters. The Morgan fingerprint density at radius 2 is 2.07 bits per heavy atom. The van der Waals surface area contributed by atoms with Gasteiger partial charge in [-0.1, -0.05) is 19.1 Å². The number of benzene rings is 1. The van der Waals surface area contributed by atoms with Gasteiger partial charge in [0.05, 0.1) is 17.0 Å². The van der Waals surface area contributed by atoms with Crippen molar-refractivity contribution in [1.29, 1.82) is 0 Å². The van der Waals surface area contributed by atoms with Crippen molar-refractivity contribution in [2.24, 2.45) is 0 Å². The minimum atomic E-state index is -0.458. The van der Waals surface area contributed by atoms with Crippen LogP contribution in [0.1, 0.15) is 29.5 Å². The van der Waals surface area contributed by atoms with Gasteiger partial charge < -0.3 is 0 Å². The highest BCUT2D eigenvalue weighted by atomic mass is 32.2. The Morgan fingerprint density at radius 1 is 1.47 bits per heavy atom. The lowest BCUT2D eigenvalue weighted by Gasteiger charge is -2.15. The van der Waals surface area contributed by atoms with Crippen LogP contribution in [-0.4, -0.2) is 0 Å². The van der Waals surface area contributed by atoms with Crippen molar-refractivity contribution < 1.29 is 8.28 Å². The fraction of sp³-hybridized carbons (Fsp3) is 0.333. The van der Waals surface area contributed by atoms with Crippen LogP contribution in [0.5, 0.6) is 0 Å². The standard InChI is InChI=1S/C12H14F2S/c1-5-7(2)10-6-8(3)11(13)12(15-14)9(10)4/h5-7H,1H2,2-4H3. The van der Waals surface area contributed by atoms with Crippen LogP contribution >= 0.6 is 12.1 Å². The minimum absolute atomic E-state index is 0.0310. The van der Waals surface area contributed by atoms with Gasteiger partial charge in [0, 0.05) is 0 Å². The molecule has 0 N–H and O–H groups in total.